The molecule has 114 heavy (non-hydrogen) atoms. The average Bonchev–Trinajstić information content (AvgIpc) is 1.56. The first-order valence-electron chi connectivity index (χ1n) is 37.9. The monoisotopic (exact) mass is 1460 g/mol. The minimum Gasteiger partial charge on any atom is -0.306 e. The van der Waals surface area contributed by atoms with Crippen molar-refractivity contribution in [3.63, 3.8) is 0 Å². The van der Waals surface area contributed by atoms with E-state index in [1.54, 1.807) is 0 Å². The Balaban J connectivity index is 0.000000104. The Labute approximate surface area is 651 Å². The molecule has 0 aliphatic carbocycles. The van der Waals surface area contributed by atoms with Gasteiger partial charge in [0.2, 0.25) is 0 Å². The molecule has 0 spiro atoms. The minimum absolute atomic E-state index is 0.868. The van der Waals surface area contributed by atoms with Crippen LogP contribution in [0, 0.1) is 0 Å². The van der Waals surface area contributed by atoms with E-state index in [4.69, 9.17) is 44.9 Å². The molecule has 15 heterocycles. The Morgan fingerprint density at radius 1 is 0.167 bits per heavy atom. The summed E-state index contributed by atoms with van der Waals surface area (Å²) in [5, 5.41) is 6.60. The van der Waals surface area contributed by atoms with Gasteiger partial charge in [-0.15, -0.1) is 0 Å². The van der Waals surface area contributed by atoms with Gasteiger partial charge in [-0.1, -0.05) is 231 Å². The van der Waals surface area contributed by atoms with Crippen LogP contribution in [-0.4, -0.2) is 71.3 Å². The molecule has 15 nitrogen and oxygen atoms in total. The van der Waals surface area contributed by atoms with E-state index < -0.39 is 0 Å². The van der Waals surface area contributed by atoms with Gasteiger partial charge in [0.15, 0.2) is 16.9 Å². The first kappa shape index (κ1) is 65.2. The van der Waals surface area contributed by atoms with Gasteiger partial charge < -0.3 is 13.2 Å². The van der Waals surface area contributed by atoms with Gasteiger partial charge in [-0.2, -0.15) is 0 Å². The lowest BCUT2D eigenvalue weighted by Gasteiger charge is -2.10. The molecule has 0 aliphatic heterocycles. The number of hydrogen-bond acceptors (Lipinski definition) is 9. The van der Waals surface area contributed by atoms with E-state index in [-0.39, 0.29) is 0 Å². The van der Waals surface area contributed by atoms with Crippen LogP contribution in [0.15, 0.2) is 383 Å². The number of nitrogens with zero attached hydrogens (tertiary/aromatic N) is 15. The lowest BCUT2D eigenvalue weighted by molar-refractivity contribution is 1.19. The fraction of sp³-hybridized carbons (Fsp3) is 0. The van der Waals surface area contributed by atoms with Gasteiger partial charge in [-0.05, 0) is 130 Å². The molecular weight excluding hydrogens is 1400 g/mol. The molecule has 0 aliphatic rings. The van der Waals surface area contributed by atoms with Crippen LogP contribution in [0.3, 0.4) is 0 Å². The van der Waals surface area contributed by atoms with Crippen molar-refractivity contribution in [3.05, 3.63) is 383 Å². The van der Waals surface area contributed by atoms with Crippen LogP contribution >= 0.6 is 0 Å². The van der Waals surface area contributed by atoms with Crippen molar-refractivity contribution in [2.24, 2.45) is 0 Å². The molecular formula is C99H63N15. The van der Waals surface area contributed by atoms with Crippen LogP contribution in [0.2, 0.25) is 0 Å². The Kier molecular flexibility index (Phi) is 15.5. The molecule has 0 saturated carbocycles. The molecule has 15 heteroatoms. The van der Waals surface area contributed by atoms with E-state index >= 15 is 0 Å². The molecule has 0 radical (unpaired) electrons. The zero-order valence-electron chi connectivity index (χ0n) is 61.1. The van der Waals surface area contributed by atoms with Crippen LogP contribution in [0.4, 0.5) is 0 Å². The van der Waals surface area contributed by atoms with Gasteiger partial charge in [0.25, 0.3) is 0 Å². The number of imidazole rings is 6. The van der Waals surface area contributed by atoms with Crippen LogP contribution in [0.25, 0.3) is 201 Å². The number of rotatable bonds is 9. The molecule has 0 fully saturated rings. The average molecular weight is 1460 g/mol. The van der Waals surface area contributed by atoms with E-state index in [1.165, 1.54) is 0 Å². The maximum absolute atomic E-state index is 5.17. The van der Waals surface area contributed by atoms with Crippen molar-refractivity contribution >= 4 is 99.7 Å². The standard InChI is InChI=1S/3C33H21N5/c1-2-14-27-26(13-1)31(36-33-32(27)35-30-16-4-6-18-38(30)33)25-12-8-10-23(20-25)22-9-7-11-24(19-22)28-21-37-17-5-3-15-29(37)34-28;1-2-9-22(10-3-1)28-21-37-20-25(16-17-29(37)34-28)23-11-8-12-24(19-23)31-26-13-4-5-14-27(26)32-33(36-31)38-18-7-6-15-30(38)35-32;1-2-9-22(10-3-1)28-21-37-18-16-24(20-30(37)34-28)23-11-8-12-25(19-23)31-26-13-4-5-14-27(26)32-33(36-31)38-17-7-6-15-29(38)35-32/h3*1-21H. The number of benzene rings is 9. The maximum Gasteiger partial charge on any atom is 0.165 e. The second-order valence-electron chi connectivity index (χ2n) is 28.4. The summed E-state index contributed by atoms with van der Waals surface area (Å²) < 4.78 is 12.4. The SMILES string of the molecule is c1cc(-c2cccc(-c3nc4c(nc5ccccn54)c4ccccc34)c2)cc(-c2cn3ccccc3n2)c1.c1ccc(-c2cn3cc(-c4cccc(-c5nc6c(nc7ccccn76)c6ccccc56)c4)ccc3n2)cc1.c1ccc(-c2cn3ccc(-c4cccc(-c5nc6c(nc7ccccn76)c6ccccc56)c4)cc3n2)cc1. The van der Waals surface area contributed by atoms with Gasteiger partial charge in [0, 0.05) is 121 Å². The van der Waals surface area contributed by atoms with E-state index in [0.717, 1.165) is 201 Å². The summed E-state index contributed by atoms with van der Waals surface area (Å²) in [4.78, 5) is 44.7. The third-order valence-corrected chi connectivity index (χ3v) is 21.5. The van der Waals surface area contributed by atoms with Crippen LogP contribution < -0.4 is 0 Å². The largest absolute Gasteiger partial charge is 0.306 e. The van der Waals surface area contributed by atoms with Crippen molar-refractivity contribution in [2.45, 2.75) is 0 Å². The molecule has 0 amide bonds. The highest BCUT2D eigenvalue weighted by molar-refractivity contribution is 6.12. The normalized spacial score (nSPS) is 11.7. The number of hydrogen-bond donors (Lipinski definition) is 0. The molecule has 0 saturated heterocycles. The maximum atomic E-state index is 5.17. The summed E-state index contributed by atoms with van der Waals surface area (Å²) in [5.41, 5.74) is 29.9. The summed E-state index contributed by atoms with van der Waals surface area (Å²) in [6.07, 6.45) is 18.6. The Morgan fingerprint density at radius 3 is 0.947 bits per heavy atom. The van der Waals surface area contributed by atoms with Crippen LogP contribution in [0.1, 0.15) is 0 Å². The van der Waals surface area contributed by atoms with Gasteiger partial charge in [-0.25, -0.2) is 44.9 Å². The first-order chi connectivity index (χ1) is 56.4. The fourth-order valence-corrected chi connectivity index (χ4v) is 15.9. The van der Waals surface area contributed by atoms with Gasteiger partial charge >= 0.3 is 0 Å². The van der Waals surface area contributed by atoms with Crippen LogP contribution in [0.5, 0.6) is 0 Å². The molecule has 9 aromatic carbocycles. The first-order valence-corrected chi connectivity index (χ1v) is 37.9. The highest BCUT2D eigenvalue weighted by atomic mass is 15.1. The minimum atomic E-state index is 0.868. The molecule has 0 atom stereocenters. The quantitative estimate of drug-likeness (QED) is 0.138. The Bertz CT molecular complexity index is 7560. The molecule has 24 rings (SSSR count). The van der Waals surface area contributed by atoms with Crippen molar-refractivity contribution in [1.82, 2.24) is 71.3 Å². The fourth-order valence-electron chi connectivity index (χ4n) is 15.9. The summed E-state index contributed by atoms with van der Waals surface area (Å²) in [5.74, 6) is 0. The predicted octanol–water partition coefficient (Wildman–Crippen LogP) is 23.1. The number of aromatic nitrogens is 15. The van der Waals surface area contributed by atoms with Crippen LogP contribution in [-0.2, 0) is 0 Å². The second-order valence-corrected chi connectivity index (χ2v) is 28.4. The molecule has 0 N–H and O–H groups in total. The van der Waals surface area contributed by atoms with Gasteiger partial charge in [0.1, 0.15) is 50.4 Å². The van der Waals surface area contributed by atoms with Gasteiger partial charge in [0.05, 0.1) is 34.2 Å². The number of pyridine rings is 9. The molecule has 24 aromatic rings. The third-order valence-electron chi connectivity index (χ3n) is 21.5. The van der Waals surface area contributed by atoms with E-state index in [0.29, 0.717) is 0 Å². The molecule has 15 aromatic heterocycles. The lowest BCUT2D eigenvalue weighted by atomic mass is 9.97. The van der Waals surface area contributed by atoms with Crippen molar-refractivity contribution < 1.29 is 0 Å². The van der Waals surface area contributed by atoms with Crippen molar-refractivity contribution in [3.8, 4) is 101 Å². The highest BCUT2D eigenvalue weighted by Crippen LogP contribution is 2.40. The Morgan fingerprint density at radius 2 is 0.491 bits per heavy atom. The predicted molar refractivity (Wildman–Crippen MR) is 459 cm³/mol. The number of fused-ring (bicyclic) bond motifs is 18. The Hall–Kier alpha value is -15.9. The zero-order chi connectivity index (χ0) is 75.2. The summed E-state index contributed by atoms with van der Waals surface area (Å²) in [6, 6.07) is 113. The van der Waals surface area contributed by atoms with E-state index in [9.17, 15) is 0 Å². The van der Waals surface area contributed by atoms with Crippen molar-refractivity contribution in [1.29, 1.82) is 0 Å². The van der Waals surface area contributed by atoms with Gasteiger partial charge in [-0.3, -0.25) is 13.2 Å². The smallest absolute Gasteiger partial charge is 0.165 e. The summed E-state index contributed by atoms with van der Waals surface area (Å²) in [7, 11) is 0. The summed E-state index contributed by atoms with van der Waals surface area (Å²) in [6.45, 7) is 0. The third kappa shape index (κ3) is 11.5. The highest BCUT2D eigenvalue weighted by Gasteiger charge is 2.21. The zero-order valence-corrected chi connectivity index (χ0v) is 61.1. The van der Waals surface area contributed by atoms with Crippen molar-refractivity contribution in [2.75, 3.05) is 0 Å². The molecule has 0 unspecified atom stereocenters. The molecule has 534 valence electrons. The molecule has 0 bridgehead atoms. The lowest BCUT2D eigenvalue weighted by Crippen LogP contribution is -1.92. The van der Waals surface area contributed by atoms with E-state index in [2.05, 4.69) is 276 Å². The summed E-state index contributed by atoms with van der Waals surface area (Å²) >= 11 is 0. The van der Waals surface area contributed by atoms with E-state index in [1.807, 2.05) is 134 Å². The topological polar surface area (TPSA) is 142 Å². The second kappa shape index (κ2) is 27.1.